The van der Waals surface area contributed by atoms with Crippen LogP contribution in [0.1, 0.15) is 65.2 Å². The fourth-order valence-corrected chi connectivity index (χ4v) is 5.46. The van der Waals surface area contributed by atoms with Gasteiger partial charge in [-0.25, -0.2) is 4.79 Å². The highest BCUT2D eigenvalue weighted by Crippen LogP contribution is 2.55. The molecule has 4 heteroatoms. The summed E-state index contributed by atoms with van der Waals surface area (Å²) < 4.78 is 0. The molecule has 0 heterocycles. The van der Waals surface area contributed by atoms with E-state index in [-0.39, 0.29) is 17.1 Å². The number of carbonyl (C=O) groups is 1. The predicted molar refractivity (Wildman–Crippen MR) is 84.9 cm³/mol. The van der Waals surface area contributed by atoms with Gasteiger partial charge in [0.15, 0.2) is 0 Å². The quantitative estimate of drug-likeness (QED) is 0.729. The Morgan fingerprint density at radius 3 is 2.14 bits per heavy atom. The summed E-state index contributed by atoms with van der Waals surface area (Å²) in [6.45, 7) is 4.82. The van der Waals surface area contributed by atoms with E-state index in [0.29, 0.717) is 6.54 Å². The minimum atomic E-state index is -0.179. The lowest BCUT2D eigenvalue weighted by Crippen LogP contribution is -2.63. The Labute approximate surface area is 128 Å². The molecular weight excluding hydrogens is 262 g/mol. The van der Waals surface area contributed by atoms with E-state index in [1.54, 1.807) is 0 Å². The molecule has 0 aromatic heterocycles. The van der Waals surface area contributed by atoms with E-state index in [1.165, 1.54) is 38.5 Å². The molecule has 4 nitrogen and oxygen atoms in total. The van der Waals surface area contributed by atoms with Crippen LogP contribution in [-0.2, 0) is 0 Å². The molecule has 0 spiro atoms. The van der Waals surface area contributed by atoms with E-state index < -0.39 is 0 Å². The van der Waals surface area contributed by atoms with Crippen molar-refractivity contribution in [1.82, 2.24) is 10.6 Å². The molecule has 1 atom stereocenters. The smallest absolute Gasteiger partial charge is 0.315 e. The van der Waals surface area contributed by atoms with Crippen molar-refractivity contribution in [3.05, 3.63) is 0 Å². The monoisotopic (exact) mass is 293 g/mol. The van der Waals surface area contributed by atoms with Gasteiger partial charge in [0.05, 0.1) is 0 Å². The first-order valence-electron chi connectivity index (χ1n) is 8.76. The van der Waals surface area contributed by atoms with Crippen LogP contribution in [0.4, 0.5) is 4.79 Å². The van der Waals surface area contributed by atoms with Crippen molar-refractivity contribution in [1.29, 1.82) is 0 Å². The summed E-state index contributed by atoms with van der Waals surface area (Å²) in [6.07, 6.45) is 9.56. The zero-order valence-corrected chi connectivity index (χ0v) is 13.6. The van der Waals surface area contributed by atoms with E-state index >= 15 is 0 Å². The molecule has 4 saturated carbocycles. The largest absolute Gasteiger partial charge is 0.333 e. The Morgan fingerprint density at radius 2 is 1.71 bits per heavy atom. The molecule has 0 aromatic carbocycles. The third kappa shape index (κ3) is 3.05. The molecule has 2 amide bonds. The number of hydrogen-bond donors (Lipinski definition) is 3. The third-order valence-corrected chi connectivity index (χ3v) is 6.31. The van der Waals surface area contributed by atoms with Gasteiger partial charge >= 0.3 is 6.03 Å². The molecule has 4 rings (SSSR count). The maximum Gasteiger partial charge on any atom is 0.315 e. The van der Waals surface area contributed by atoms with Crippen molar-refractivity contribution in [2.45, 2.75) is 76.3 Å². The van der Waals surface area contributed by atoms with Crippen molar-refractivity contribution in [3.63, 3.8) is 0 Å². The van der Waals surface area contributed by atoms with Crippen LogP contribution in [0, 0.1) is 17.8 Å². The van der Waals surface area contributed by atoms with Crippen LogP contribution in [-0.4, -0.2) is 23.7 Å². The topological polar surface area (TPSA) is 67.1 Å². The lowest BCUT2D eigenvalue weighted by atomic mass is 9.53. The molecule has 4 N–H and O–H groups in total. The summed E-state index contributed by atoms with van der Waals surface area (Å²) in [5.74, 6) is 2.58. The van der Waals surface area contributed by atoms with E-state index in [2.05, 4.69) is 24.5 Å². The van der Waals surface area contributed by atoms with Gasteiger partial charge in [0, 0.05) is 11.1 Å². The highest BCUT2D eigenvalue weighted by molar-refractivity contribution is 5.75. The fraction of sp³-hybridized carbons (Fsp3) is 0.941. The molecule has 1 unspecified atom stereocenters. The second-order valence-electron chi connectivity index (χ2n) is 8.23. The first-order chi connectivity index (χ1) is 9.96. The van der Waals surface area contributed by atoms with Crippen LogP contribution < -0.4 is 16.4 Å². The van der Waals surface area contributed by atoms with Crippen molar-refractivity contribution >= 4 is 6.03 Å². The highest BCUT2D eigenvalue weighted by Gasteiger charge is 2.51. The molecule has 21 heavy (non-hydrogen) atoms. The van der Waals surface area contributed by atoms with Gasteiger partial charge in [-0.1, -0.05) is 6.92 Å². The lowest BCUT2D eigenvalue weighted by molar-refractivity contribution is -0.0139. The molecule has 0 saturated heterocycles. The van der Waals surface area contributed by atoms with Gasteiger partial charge in [-0.3, -0.25) is 0 Å². The average Bonchev–Trinajstić information content (AvgIpc) is 2.36. The normalized spacial score (nSPS) is 39.9. The van der Waals surface area contributed by atoms with E-state index in [0.717, 1.165) is 30.6 Å². The molecule has 0 aliphatic heterocycles. The fourth-order valence-electron chi connectivity index (χ4n) is 5.46. The zero-order valence-electron chi connectivity index (χ0n) is 13.6. The minimum absolute atomic E-state index is 0.0229. The van der Waals surface area contributed by atoms with E-state index in [1.807, 2.05) is 0 Å². The van der Waals surface area contributed by atoms with Crippen LogP contribution >= 0.6 is 0 Å². The third-order valence-electron chi connectivity index (χ3n) is 6.31. The van der Waals surface area contributed by atoms with Crippen LogP contribution in [0.25, 0.3) is 0 Å². The maximum absolute atomic E-state index is 12.5. The molecule has 4 aliphatic carbocycles. The van der Waals surface area contributed by atoms with Gasteiger partial charge in [0.1, 0.15) is 0 Å². The summed E-state index contributed by atoms with van der Waals surface area (Å²) >= 11 is 0. The van der Waals surface area contributed by atoms with Crippen LogP contribution in [0.5, 0.6) is 0 Å². The van der Waals surface area contributed by atoms with Crippen LogP contribution in [0.15, 0.2) is 0 Å². The van der Waals surface area contributed by atoms with Gasteiger partial charge < -0.3 is 16.4 Å². The molecule has 0 radical (unpaired) electrons. The van der Waals surface area contributed by atoms with Gasteiger partial charge in [-0.05, 0) is 82.6 Å². The Bertz CT molecular complexity index is 374. The Hall–Kier alpha value is -0.770. The van der Waals surface area contributed by atoms with Gasteiger partial charge in [-0.2, -0.15) is 0 Å². The highest BCUT2D eigenvalue weighted by atomic mass is 16.2. The summed E-state index contributed by atoms with van der Waals surface area (Å²) in [6, 6.07) is 0.0229. The number of rotatable bonds is 5. The van der Waals surface area contributed by atoms with Crippen molar-refractivity contribution in [2.75, 3.05) is 6.54 Å². The number of hydrogen-bond acceptors (Lipinski definition) is 2. The van der Waals surface area contributed by atoms with Crippen LogP contribution in [0.3, 0.4) is 0 Å². The molecule has 4 bridgehead atoms. The second-order valence-corrected chi connectivity index (χ2v) is 8.23. The summed E-state index contributed by atoms with van der Waals surface area (Å²) in [4.78, 5) is 12.5. The van der Waals surface area contributed by atoms with E-state index in [9.17, 15) is 4.79 Å². The molecule has 4 fully saturated rings. The van der Waals surface area contributed by atoms with Crippen molar-refractivity contribution < 1.29 is 4.79 Å². The van der Waals surface area contributed by atoms with Gasteiger partial charge in [-0.15, -0.1) is 0 Å². The lowest BCUT2D eigenvalue weighted by Gasteiger charge is -2.57. The first kappa shape index (κ1) is 15.1. The Morgan fingerprint density at radius 1 is 1.19 bits per heavy atom. The SMILES string of the molecule is CCC(C)(CCN)NC(=O)NC12CC3CC(CC(C3)C1)C2. The molecule has 120 valence electrons. The zero-order chi connectivity index (χ0) is 15.1. The maximum atomic E-state index is 12.5. The van der Waals surface area contributed by atoms with Crippen LogP contribution in [0.2, 0.25) is 0 Å². The standard InChI is InChI=1S/C17H31N3O/c1-3-16(2,4-5-18)19-15(21)20-17-9-12-6-13(10-17)8-14(7-12)11-17/h12-14H,3-11,18H2,1-2H3,(H2,19,20,21). The van der Waals surface area contributed by atoms with E-state index in [4.69, 9.17) is 5.73 Å². The van der Waals surface area contributed by atoms with Gasteiger partial charge in [0.2, 0.25) is 0 Å². The molecule has 0 aromatic rings. The minimum Gasteiger partial charge on any atom is -0.333 e. The van der Waals surface area contributed by atoms with Crippen molar-refractivity contribution in [2.24, 2.45) is 23.5 Å². The predicted octanol–water partition coefficient (Wildman–Crippen LogP) is 2.77. The number of nitrogens with one attached hydrogen (secondary N) is 2. The Balaban J connectivity index is 1.62. The van der Waals surface area contributed by atoms with Crippen molar-refractivity contribution in [3.8, 4) is 0 Å². The summed E-state index contributed by atoms with van der Waals surface area (Å²) in [7, 11) is 0. The number of nitrogens with two attached hydrogens (primary N) is 1. The summed E-state index contributed by atoms with van der Waals surface area (Å²) in [5.41, 5.74) is 5.60. The second kappa shape index (κ2) is 5.45. The number of amides is 2. The average molecular weight is 293 g/mol. The first-order valence-corrected chi connectivity index (χ1v) is 8.76. The summed E-state index contributed by atoms with van der Waals surface area (Å²) in [5, 5.41) is 6.57. The molecular formula is C17H31N3O. The Kier molecular flexibility index (Phi) is 3.93. The molecule has 4 aliphatic rings. The number of carbonyl (C=O) groups excluding carboxylic acids is 1. The number of urea groups is 1. The van der Waals surface area contributed by atoms with Gasteiger partial charge in [0.25, 0.3) is 0 Å².